The highest BCUT2D eigenvalue weighted by atomic mass is 19.4. The van der Waals surface area contributed by atoms with Crippen molar-refractivity contribution < 1.29 is 31.8 Å². The molecule has 1 aliphatic heterocycles. The number of hydrogen-bond acceptors (Lipinski definition) is 3. The number of alkyl halides is 5. The molecule has 1 saturated heterocycles. The summed E-state index contributed by atoms with van der Waals surface area (Å²) in [6.07, 6.45) is -2.91. The summed E-state index contributed by atoms with van der Waals surface area (Å²) in [6, 6.07) is 10.3. The van der Waals surface area contributed by atoms with E-state index >= 15 is 0 Å². The molecule has 2 aromatic carbocycles. The number of pyridine rings is 1. The van der Waals surface area contributed by atoms with Crippen molar-refractivity contribution in [3.8, 4) is 11.5 Å². The van der Waals surface area contributed by atoms with Gasteiger partial charge in [-0.2, -0.15) is 22.0 Å². The topological polar surface area (TPSA) is 45.3 Å². The van der Waals surface area contributed by atoms with Crippen molar-refractivity contribution in [3.05, 3.63) is 60.3 Å². The van der Waals surface area contributed by atoms with Crippen LogP contribution in [0.3, 0.4) is 0 Å². The maximum absolute atomic E-state index is 13.4. The highest BCUT2D eigenvalue weighted by Crippen LogP contribution is 2.44. The van der Waals surface area contributed by atoms with Gasteiger partial charge in [0, 0.05) is 48.8 Å². The molecular weight excluding hydrogens is 419 g/mol. The lowest BCUT2D eigenvalue weighted by Crippen LogP contribution is -2.38. The molecule has 4 nitrogen and oxygen atoms in total. The van der Waals surface area contributed by atoms with Crippen LogP contribution in [-0.4, -0.2) is 30.4 Å². The smallest absolute Gasteiger partial charge is 0.458 e. The molecule has 0 spiro atoms. The average molecular weight is 437 g/mol. The molecule has 163 valence electrons. The predicted octanol–water partition coefficient (Wildman–Crippen LogP) is 6.08. The number of halogens is 5. The number of ether oxygens (including phenoxy) is 1. The van der Waals surface area contributed by atoms with E-state index in [9.17, 15) is 27.1 Å². The number of nitrogens with zero attached hydrogens (tertiary/aromatic N) is 2. The summed E-state index contributed by atoms with van der Waals surface area (Å²) in [5, 5.41) is 12.5. The van der Waals surface area contributed by atoms with Crippen LogP contribution in [0.1, 0.15) is 18.4 Å². The lowest BCUT2D eigenvalue weighted by atomic mass is 10.0. The van der Waals surface area contributed by atoms with E-state index in [0.717, 1.165) is 40.9 Å². The number of anilines is 1. The van der Waals surface area contributed by atoms with Crippen LogP contribution in [0.25, 0.3) is 10.9 Å². The standard InChI is InChI=1S/C22H18F5N2O2/c23-21(24,22(25,26)27)14-1-4-16(5-2-14)31-17-8-11-29(12-9-17)20-7-10-28-19-6-3-15(30)13-18(19)20/h1-7,10,13,17H,8-9,11-12H2. The fraction of sp³-hybridized carbons (Fsp3) is 0.318. The van der Waals surface area contributed by atoms with Gasteiger partial charge in [0.15, 0.2) is 5.75 Å². The summed E-state index contributed by atoms with van der Waals surface area (Å²) in [5.74, 6) is -4.77. The molecule has 0 saturated carbocycles. The van der Waals surface area contributed by atoms with Gasteiger partial charge in [-0.1, -0.05) is 0 Å². The van der Waals surface area contributed by atoms with Gasteiger partial charge in [0.1, 0.15) is 11.9 Å². The quantitative estimate of drug-likeness (QED) is 0.465. The fourth-order valence-corrected chi connectivity index (χ4v) is 3.70. The van der Waals surface area contributed by atoms with E-state index in [4.69, 9.17) is 4.74 Å². The third-order valence-corrected chi connectivity index (χ3v) is 5.35. The first-order chi connectivity index (χ1) is 14.6. The van der Waals surface area contributed by atoms with Gasteiger partial charge in [-0.15, -0.1) is 0 Å². The van der Waals surface area contributed by atoms with E-state index in [2.05, 4.69) is 9.88 Å². The van der Waals surface area contributed by atoms with Gasteiger partial charge in [-0.25, -0.2) is 0 Å². The molecule has 0 N–H and O–H groups in total. The second-order valence-corrected chi connectivity index (χ2v) is 7.41. The highest BCUT2D eigenvalue weighted by molar-refractivity contribution is 5.92. The zero-order chi connectivity index (χ0) is 22.2. The number of hydrogen-bond donors (Lipinski definition) is 0. The summed E-state index contributed by atoms with van der Waals surface area (Å²) >= 11 is 0. The molecule has 9 heteroatoms. The third kappa shape index (κ3) is 4.22. The lowest BCUT2D eigenvalue weighted by molar-refractivity contribution is -0.289. The van der Waals surface area contributed by atoms with Gasteiger partial charge in [-0.3, -0.25) is 10.1 Å². The molecule has 1 radical (unpaired) electrons. The first-order valence-electron chi connectivity index (χ1n) is 9.67. The van der Waals surface area contributed by atoms with Crippen molar-refractivity contribution in [1.29, 1.82) is 0 Å². The Bertz CT molecular complexity index is 1060. The zero-order valence-corrected chi connectivity index (χ0v) is 16.2. The van der Waals surface area contributed by atoms with Crippen molar-refractivity contribution >= 4 is 16.6 Å². The average Bonchev–Trinajstić information content (AvgIpc) is 2.73. The Kier molecular flexibility index (Phi) is 5.36. The molecule has 1 aliphatic rings. The maximum Gasteiger partial charge on any atom is 0.458 e. The van der Waals surface area contributed by atoms with Crippen molar-refractivity contribution in [2.24, 2.45) is 0 Å². The molecule has 1 fully saturated rings. The Labute approximate surface area is 174 Å². The summed E-state index contributed by atoms with van der Waals surface area (Å²) in [4.78, 5) is 6.40. The summed E-state index contributed by atoms with van der Waals surface area (Å²) in [6.45, 7) is 1.27. The Morgan fingerprint density at radius 1 is 0.935 bits per heavy atom. The van der Waals surface area contributed by atoms with Gasteiger partial charge in [0.2, 0.25) is 0 Å². The maximum atomic E-state index is 13.4. The summed E-state index contributed by atoms with van der Waals surface area (Å²) in [5.41, 5.74) is 0.510. The second kappa shape index (κ2) is 7.86. The number of benzene rings is 2. The Hall–Kier alpha value is -3.10. The zero-order valence-electron chi connectivity index (χ0n) is 16.2. The van der Waals surface area contributed by atoms with Crippen LogP contribution in [0.15, 0.2) is 54.7 Å². The minimum Gasteiger partial charge on any atom is -0.490 e. The van der Waals surface area contributed by atoms with Crippen molar-refractivity contribution in [2.75, 3.05) is 18.0 Å². The molecule has 0 atom stereocenters. The molecule has 4 rings (SSSR count). The Morgan fingerprint density at radius 2 is 1.61 bits per heavy atom. The number of fused-ring (bicyclic) bond motifs is 1. The van der Waals surface area contributed by atoms with Crippen molar-refractivity contribution in [1.82, 2.24) is 4.98 Å². The van der Waals surface area contributed by atoms with E-state index in [1.807, 2.05) is 6.07 Å². The largest absolute Gasteiger partial charge is 0.490 e. The second-order valence-electron chi connectivity index (χ2n) is 7.41. The molecule has 0 bridgehead atoms. The van der Waals surface area contributed by atoms with Crippen LogP contribution >= 0.6 is 0 Å². The first kappa shape index (κ1) is 21.1. The monoisotopic (exact) mass is 437 g/mol. The molecule has 0 aliphatic carbocycles. The minimum absolute atomic E-state index is 0.0977. The van der Waals surface area contributed by atoms with Gasteiger partial charge >= 0.3 is 12.1 Å². The van der Waals surface area contributed by atoms with Gasteiger partial charge in [0.05, 0.1) is 5.52 Å². The van der Waals surface area contributed by atoms with E-state index in [1.165, 1.54) is 6.07 Å². The van der Waals surface area contributed by atoms with E-state index in [0.29, 0.717) is 25.9 Å². The van der Waals surface area contributed by atoms with E-state index < -0.39 is 17.7 Å². The molecule has 3 aromatic rings. The van der Waals surface area contributed by atoms with Gasteiger partial charge in [-0.05, 0) is 48.5 Å². The molecule has 1 aromatic heterocycles. The van der Waals surface area contributed by atoms with Gasteiger partial charge in [0.25, 0.3) is 0 Å². The number of aromatic nitrogens is 1. The van der Waals surface area contributed by atoms with Crippen molar-refractivity contribution in [2.45, 2.75) is 31.0 Å². The summed E-state index contributed by atoms with van der Waals surface area (Å²) in [7, 11) is 0. The SMILES string of the molecule is [O]c1ccc2nccc(N3CCC(Oc4ccc(C(F)(F)C(F)(F)F)cc4)CC3)c2c1. The molecule has 0 unspecified atom stereocenters. The Morgan fingerprint density at radius 3 is 2.26 bits per heavy atom. The molecule has 0 amide bonds. The molecule has 31 heavy (non-hydrogen) atoms. The fourth-order valence-electron chi connectivity index (χ4n) is 3.70. The van der Waals surface area contributed by atoms with E-state index in [1.54, 1.807) is 18.3 Å². The third-order valence-electron chi connectivity index (χ3n) is 5.35. The Balaban J connectivity index is 1.41. The molecular formula is C22H18F5N2O2. The van der Waals surface area contributed by atoms with Crippen LogP contribution < -0.4 is 9.64 Å². The van der Waals surface area contributed by atoms with Crippen LogP contribution in [-0.2, 0) is 11.0 Å². The van der Waals surface area contributed by atoms with Crippen LogP contribution in [0.5, 0.6) is 11.5 Å². The van der Waals surface area contributed by atoms with Crippen LogP contribution in [0, 0.1) is 0 Å². The summed E-state index contributed by atoms with van der Waals surface area (Å²) < 4.78 is 70.0. The number of piperidine rings is 1. The van der Waals surface area contributed by atoms with E-state index in [-0.39, 0.29) is 17.6 Å². The number of rotatable bonds is 4. The van der Waals surface area contributed by atoms with Crippen LogP contribution in [0.4, 0.5) is 27.6 Å². The minimum atomic E-state index is -5.65. The van der Waals surface area contributed by atoms with Crippen molar-refractivity contribution in [3.63, 3.8) is 0 Å². The predicted molar refractivity (Wildman–Crippen MR) is 104 cm³/mol. The van der Waals surface area contributed by atoms with Gasteiger partial charge < -0.3 is 9.64 Å². The first-order valence-corrected chi connectivity index (χ1v) is 9.67. The van der Waals surface area contributed by atoms with Crippen LogP contribution in [0.2, 0.25) is 0 Å². The molecule has 2 heterocycles. The normalized spacial score (nSPS) is 16.0. The lowest BCUT2D eigenvalue weighted by Gasteiger charge is -2.34. The highest BCUT2D eigenvalue weighted by Gasteiger charge is 2.58.